The van der Waals surface area contributed by atoms with E-state index in [1.807, 2.05) is 30.3 Å². The third-order valence-corrected chi connectivity index (χ3v) is 3.47. The van der Waals surface area contributed by atoms with Crippen LogP contribution in [0.2, 0.25) is 0 Å². The molecule has 1 unspecified atom stereocenters. The zero-order chi connectivity index (χ0) is 15.8. The lowest BCUT2D eigenvalue weighted by atomic mass is 9.87. The van der Waals surface area contributed by atoms with Crippen molar-refractivity contribution in [3.05, 3.63) is 59.7 Å². The van der Waals surface area contributed by atoms with E-state index in [0.717, 1.165) is 24.0 Å². The Balaban J connectivity index is 2.38. The van der Waals surface area contributed by atoms with Gasteiger partial charge in [-0.15, -0.1) is 10.5 Å². The number of nitrogens with zero attached hydrogens (tertiary/aromatic N) is 2. The van der Waals surface area contributed by atoms with Gasteiger partial charge in [0.15, 0.2) is 0 Å². The second kappa shape index (κ2) is 7.71. The quantitative estimate of drug-likeness (QED) is 0.743. The molecule has 0 heterocycles. The fraction of sp³-hybridized carbons (Fsp3) is 0.222. The Morgan fingerprint density at radius 1 is 0.955 bits per heavy atom. The zero-order valence-electron chi connectivity index (χ0n) is 12.3. The third kappa shape index (κ3) is 3.56. The fourth-order valence-electron chi connectivity index (χ4n) is 2.52. The number of rotatable bonds is 6. The maximum Gasteiger partial charge on any atom is 0.292 e. The van der Waals surface area contributed by atoms with E-state index in [0.29, 0.717) is 11.5 Å². The molecule has 0 N–H and O–H groups in total. The molecular weight excluding hydrogens is 276 g/mol. The average Bonchev–Trinajstić information content (AvgIpc) is 2.55. The lowest BCUT2D eigenvalue weighted by Gasteiger charge is -2.19. The first-order valence-corrected chi connectivity index (χ1v) is 7.11. The van der Waals surface area contributed by atoms with Crippen LogP contribution < -0.4 is 9.47 Å². The average molecular weight is 292 g/mol. The highest BCUT2D eigenvalue weighted by molar-refractivity contribution is 5.43. The molecule has 0 aliphatic carbocycles. The van der Waals surface area contributed by atoms with Gasteiger partial charge in [-0.3, -0.25) is 0 Å². The van der Waals surface area contributed by atoms with Gasteiger partial charge in [-0.25, -0.2) is 0 Å². The van der Waals surface area contributed by atoms with Crippen molar-refractivity contribution < 1.29 is 9.47 Å². The van der Waals surface area contributed by atoms with Crippen LogP contribution in [0.3, 0.4) is 0 Å². The van der Waals surface area contributed by atoms with Gasteiger partial charge in [0.05, 0.1) is 0 Å². The Bertz CT molecular complexity index is 696. The number of ether oxygens (including phenoxy) is 2. The SMILES string of the molecule is CCCC(c1ccc(OC#N)cc1)c1ccccc1OC#N. The molecule has 4 heteroatoms. The predicted molar refractivity (Wildman–Crippen MR) is 82.1 cm³/mol. The Labute approximate surface area is 130 Å². The summed E-state index contributed by atoms with van der Waals surface area (Å²) in [6.07, 6.45) is 5.34. The van der Waals surface area contributed by atoms with Crippen molar-refractivity contribution in [2.75, 3.05) is 0 Å². The molecule has 2 aromatic rings. The molecule has 0 spiro atoms. The molecule has 22 heavy (non-hydrogen) atoms. The van der Waals surface area contributed by atoms with Crippen molar-refractivity contribution in [3.63, 3.8) is 0 Å². The summed E-state index contributed by atoms with van der Waals surface area (Å²) >= 11 is 0. The Hall–Kier alpha value is -2.98. The summed E-state index contributed by atoms with van der Waals surface area (Å²) < 4.78 is 9.89. The van der Waals surface area contributed by atoms with Gasteiger partial charge in [-0.2, -0.15) is 0 Å². The summed E-state index contributed by atoms with van der Waals surface area (Å²) in [6, 6.07) is 15.0. The number of hydrogen-bond donors (Lipinski definition) is 0. The normalized spacial score (nSPS) is 11.0. The van der Waals surface area contributed by atoms with Crippen molar-refractivity contribution in [1.29, 1.82) is 10.5 Å². The summed E-state index contributed by atoms with van der Waals surface area (Å²) in [7, 11) is 0. The summed E-state index contributed by atoms with van der Waals surface area (Å²) in [6.45, 7) is 2.12. The van der Waals surface area contributed by atoms with Crippen LogP contribution in [0.4, 0.5) is 0 Å². The monoisotopic (exact) mass is 292 g/mol. The van der Waals surface area contributed by atoms with Crippen LogP contribution in [0.15, 0.2) is 48.5 Å². The molecule has 110 valence electrons. The lowest BCUT2D eigenvalue weighted by Crippen LogP contribution is -2.03. The maximum atomic E-state index is 8.80. The molecule has 2 rings (SSSR count). The minimum Gasteiger partial charge on any atom is -0.388 e. The molecule has 0 aliphatic rings. The third-order valence-electron chi connectivity index (χ3n) is 3.47. The summed E-state index contributed by atoms with van der Waals surface area (Å²) in [5.74, 6) is 1.23. The summed E-state index contributed by atoms with van der Waals surface area (Å²) in [4.78, 5) is 0. The second-order valence-electron chi connectivity index (χ2n) is 4.83. The van der Waals surface area contributed by atoms with Crippen LogP contribution in [0.25, 0.3) is 0 Å². The molecule has 0 fully saturated rings. The van der Waals surface area contributed by atoms with Crippen LogP contribution in [-0.2, 0) is 0 Å². The van der Waals surface area contributed by atoms with E-state index in [4.69, 9.17) is 20.0 Å². The second-order valence-corrected chi connectivity index (χ2v) is 4.83. The molecular formula is C18H16N2O2. The van der Waals surface area contributed by atoms with Gasteiger partial charge in [-0.05, 0) is 30.2 Å². The number of nitriles is 2. The molecule has 0 radical (unpaired) electrons. The van der Waals surface area contributed by atoms with Crippen LogP contribution in [0, 0.1) is 23.0 Å². The van der Waals surface area contributed by atoms with E-state index in [1.54, 1.807) is 30.7 Å². The van der Waals surface area contributed by atoms with Gasteiger partial charge in [0.25, 0.3) is 12.5 Å². The number of benzene rings is 2. The smallest absolute Gasteiger partial charge is 0.292 e. The lowest BCUT2D eigenvalue weighted by molar-refractivity contribution is 0.493. The first-order valence-electron chi connectivity index (χ1n) is 7.11. The molecule has 0 bridgehead atoms. The molecule has 0 amide bonds. The highest BCUT2D eigenvalue weighted by Gasteiger charge is 2.18. The maximum absolute atomic E-state index is 8.80. The van der Waals surface area contributed by atoms with E-state index in [2.05, 4.69) is 6.92 Å². The Morgan fingerprint density at radius 3 is 2.27 bits per heavy atom. The van der Waals surface area contributed by atoms with Gasteiger partial charge in [0.1, 0.15) is 11.5 Å². The van der Waals surface area contributed by atoms with E-state index < -0.39 is 0 Å². The Kier molecular flexibility index (Phi) is 5.40. The topological polar surface area (TPSA) is 66.0 Å². The molecule has 4 nitrogen and oxygen atoms in total. The molecule has 0 aromatic heterocycles. The summed E-state index contributed by atoms with van der Waals surface area (Å²) in [5.41, 5.74) is 2.08. The zero-order valence-corrected chi connectivity index (χ0v) is 12.3. The van der Waals surface area contributed by atoms with Crippen LogP contribution in [0.5, 0.6) is 11.5 Å². The van der Waals surface area contributed by atoms with E-state index in [1.165, 1.54) is 0 Å². The highest BCUT2D eigenvalue weighted by Crippen LogP contribution is 2.35. The van der Waals surface area contributed by atoms with Crippen molar-refractivity contribution in [2.45, 2.75) is 25.7 Å². The van der Waals surface area contributed by atoms with Crippen molar-refractivity contribution in [2.24, 2.45) is 0 Å². The molecule has 0 aliphatic heterocycles. The minimum absolute atomic E-state index is 0.130. The molecule has 0 saturated heterocycles. The van der Waals surface area contributed by atoms with Crippen LogP contribution >= 0.6 is 0 Å². The van der Waals surface area contributed by atoms with Crippen LogP contribution in [-0.4, -0.2) is 0 Å². The minimum atomic E-state index is 0.130. The first kappa shape index (κ1) is 15.4. The largest absolute Gasteiger partial charge is 0.388 e. The van der Waals surface area contributed by atoms with Gasteiger partial charge in [-0.1, -0.05) is 43.7 Å². The molecule has 2 aromatic carbocycles. The van der Waals surface area contributed by atoms with Gasteiger partial charge < -0.3 is 9.47 Å². The van der Waals surface area contributed by atoms with E-state index >= 15 is 0 Å². The Morgan fingerprint density at radius 2 is 1.64 bits per heavy atom. The van der Waals surface area contributed by atoms with Gasteiger partial charge >= 0.3 is 0 Å². The first-order chi connectivity index (χ1) is 10.8. The predicted octanol–water partition coefficient (Wildman–Crippen LogP) is 4.34. The van der Waals surface area contributed by atoms with Crippen molar-refractivity contribution in [1.82, 2.24) is 0 Å². The van der Waals surface area contributed by atoms with Gasteiger partial charge in [0.2, 0.25) is 0 Å². The standard InChI is InChI=1S/C18H16N2O2/c1-2-5-16(14-8-10-15(11-9-14)21-12-19)17-6-3-4-7-18(17)22-13-20/h3-4,6-11,16H,2,5H2,1H3. The highest BCUT2D eigenvalue weighted by atomic mass is 16.5. The fourth-order valence-corrected chi connectivity index (χ4v) is 2.52. The van der Waals surface area contributed by atoms with Crippen molar-refractivity contribution >= 4 is 0 Å². The van der Waals surface area contributed by atoms with Crippen molar-refractivity contribution in [3.8, 4) is 24.0 Å². The summed E-state index contributed by atoms with van der Waals surface area (Å²) in [5, 5.41) is 17.3. The van der Waals surface area contributed by atoms with E-state index in [9.17, 15) is 0 Å². The molecule has 1 atom stereocenters. The van der Waals surface area contributed by atoms with Crippen LogP contribution in [0.1, 0.15) is 36.8 Å². The van der Waals surface area contributed by atoms with Gasteiger partial charge in [0, 0.05) is 11.5 Å². The van der Waals surface area contributed by atoms with E-state index in [-0.39, 0.29) is 5.92 Å². The number of hydrogen-bond acceptors (Lipinski definition) is 4. The molecule has 0 saturated carbocycles. The number of para-hydroxylation sites is 1.